The monoisotopic (exact) mass is 287 g/mol. The van der Waals surface area contributed by atoms with Crippen molar-refractivity contribution >= 4 is 22.7 Å². The first-order chi connectivity index (χ1) is 10.1. The minimum Gasteiger partial charge on any atom is -0.464 e. The van der Waals surface area contributed by atoms with Crippen molar-refractivity contribution in [1.29, 1.82) is 0 Å². The third-order valence-corrected chi connectivity index (χ3v) is 4.06. The zero-order valence-electron chi connectivity index (χ0n) is 11.5. The maximum absolute atomic E-state index is 11.8. The molecule has 6 heteroatoms. The van der Waals surface area contributed by atoms with Gasteiger partial charge in [-0.1, -0.05) is 6.07 Å². The molecule has 3 N–H and O–H groups in total. The second kappa shape index (κ2) is 5.21. The van der Waals surface area contributed by atoms with Gasteiger partial charge in [0.15, 0.2) is 0 Å². The summed E-state index contributed by atoms with van der Waals surface area (Å²) in [6, 6.07) is 8.49. The summed E-state index contributed by atoms with van der Waals surface area (Å²) in [7, 11) is 0. The molecule has 1 saturated heterocycles. The van der Waals surface area contributed by atoms with Crippen molar-refractivity contribution in [1.82, 2.24) is 4.57 Å². The summed E-state index contributed by atoms with van der Waals surface area (Å²) >= 11 is 0. The normalized spacial score (nSPS) is 18.3. The van der Waals surface area contributed by atoms with Gasteiger partial charge in [-0.15, -0.1) is 0 Å². The summed E-state index contributed by atoms with van der Waals surface area (Å²) in [5.41, 5.74) is 6.51. The molecule has 6 nitrogen and oxygen atoms in total. The number of aromatic nitrogens is 1. The van der Waals surface area contributed by atoms with Crippen molar-refractivity contribution in [3.63, 3.8) is 0 Å². The van der Waals surface area contributed by atoms with Gasteiger partial charge < -0.3 is 15.7 Å². The third-order valence-electron chi connectivity index (χ3n) is 4.06. The Morgan fingerprint density at radius 2 is 2.10 bits per heavy atom. The number of carbonyl (C=O) groups is 1. The number of pyridine rings is 1. The largest absolute Gasteiger partial charge is 0.464 e. The summed E-state index contributed by atoms with van der Waals surface area (Å²) in [6.45, 7) is 2.42. The topological polar surface area (TPSA) is 88.6 Å². The quantitative estimate of drug-likeness (QED) is 0.869. The Morgan fingerprint density at radius 3 is 2.76 bits per heavy atom. The lowest BCUT2D eigenvalue weighted by Crippen LogP contribution is -2.26. The molecular weight excluding hydrogens is 270 g/mol. The Bertz CT molecular complexity index is 753. The van der Waals surface area contributed by atoms with Crippen molar-refractivity contribution in [3.8, 4) is 0 Å². The van der Waals surface area contributed by atoms with Crippen LogP contribution >= 0.6 is 0 Å². The van der Waals surface area contributed by atoms with E-state index >= 15 is 0 Å². The average Bonchev–Trinajstić information content (AvgIpc) is 2.95. The first kappa shape index (κ1) is 13.6. The van der Waals surface area contributed by atoms with Gasteiger partial charge in [0.1, 0.15) is 0 Å². The Labute approximate surface area is 121 Å². The summed E-state index contributed by atoms with van der Waals surface area (Å²) < 4.78 is 0.787. The van der Waals surface area contributed by atoms with Crippen LogP contribution in [0.4, 0.5) is 10.5 Å². The number of carboxylic acid groups (broad SMARTS) is 1. The van der Waals surface area contributed by atoms with Crippen molar-refractivity contribution in [2.45, 2.75) is 6.42 Å². The predicted molar refractivity (Wildman–Crippen MR) is 81.0 cm³/mol. The molecule has 0 bridgehead atoms. The molecule has 21 heavy (non-hydrogen) atoms. The highest BCUT2D eigenvalue weighted by Gasteiger charge is 2.22. The van der Waals surface area contributed by atoms with Crippen LogP contribution in [0.1, 0.15) is 6.42 Å². The third kappa shape index (κ3) is 2.38. The van der Waals surface area contributed by atoms with Crippen LogP contribution in [0.15, 0.2) is 35.1 Å². The van der Waals surface area contributed by atoms with E-state index in [1.165, 1.54) is 6.07 Å². The van der Waals surface area contributed by atoms with Crippen LogP contribution in [0.5, 0.6) is 0 Å². The van der Waals surface area contributed by atoms with Gasteiger partial charge in [0.25, 0.3) is 5.56 Å². The minimum absolute atomic E-state index is 0.420. The summed E-state index contributed by atoms with van der Waals surface area (Å²) in [6.07, 6.45) is -0.223. The van der Waals surface area contributed by atoms with Gasteiger partial charge in [-0.3, -0.25) is 4.79 Å². The summed E-state index contributed by atoms with van der Waals surface area (Å²) in [4.78, 5) is 25.2. The molecule has 1 aliphatic rings. The standard InChI is InChI=1S/C15H17N3O3/c16-8-10-5-6-17(9-10)12-3-1-11-2-4-14(19)18(15(20)21)13(11)7-12/h1-4,7,10H,5-6,8-9,16H2,(H,20,21). The predicted octanol–water partition coefficient (Wildman–Crippen LogP) is 1.31. The highest BCUT2D eigenvalue weighted by Crippen LogP contribution is 2.26. The molecule has 2 aromatic rings. The van der Waals surface area contributed by atoms with Crippen LogP contribution in [-0.4, -0.2) is 35.4 Å². The van der Waals surface area contributed by atoms with E-state index in [1.54, 1.807) is 12.1 Å². The maximum atomic E-state index is 11.8. The van der Waals surface area contributed by atoms with Crippen LogP contribution in [-0.2, 0) is 0 Å². The number of hydrogen-bond donors (Lipinski definition) is 2. The van der Waals surface area contributed by atoms with Gasteiger partial charge in [0.05, 0.1) is 5.52 Å². The molecule has 1 atom stereocenters. The fourth-order valence-corrected chi connectivity index (χ4v) is 2.87. The molecule has 1 aromatic heterocycles. The maximum Gasteiger partial charge on any atom is 0.419 e. The molecule has 110 valence electrons. The summed E-state index contributed by atoms with van der Waals surface area (Å²) in [5.74, 6) is 0.470. The van der Waals surface area contributed by atoms with Gasteiger partial charge in [0, 0.05) is 24.8 Å². The lowest BCUT2D eigenvalue weighted by atomic mass is 10.1. The number of nitrogens with two attached hydrogens (primary N) is 1. The van der Waals surface area contributed by atoms with Crippen LogP contribution in [0.25, 0.3) is 10.9 Å². The molecule has 3 rings (SSSR count). The van der Waals surface area contributed by atoms with Crippen LogP contribution in [0, 0.1) is 5.92 Å². The van der Waals surface area contributed by atoms with Crippen molar-refractivity contribution in [2.75, 3.05) is 24.5 Å². The first-order valence-corrected chi connectivity index (χ1v) is 6.94. The van der Waals surface area contributed by atoms with Crippen molar-refractivity contribution < 1.29 is 9.90 Å². The highest BCUT2D eigenvalue weighted by atomic mass is 16.4. The SMILES string of the molecule is NCC1CCN(c2ccc3ccc(=O)n(C(=O)O)c3c2)C1. The fourth-order valence-electron chi connectivity index (χ4n) is 2.87. The lowest BCUT2D eigenvalue weighted by molar-refractivity contribution is 0.196. The average molecular weight is 287 g/mol. The van der Waals surface area contributed by atoms with Gasteiger partial charge in [-0.05, 0) is 42.5 Å². The van der Waals surface area contributed by atoms with Gasteiger partial charge >= 0.3 is 6.09 Å². The molecule has 0 saturated carbocycles. The molecule has 0 spiro atoms. The van der Waals surface area contributed by atoms with Crippen LogP contribution in [0.3, 0.4) is 0 Å². The lowest BCUT2D eigenvalue weighted by Gasteiger charge is -2.19. The second-order valence-electron chi connectivity index (χ2n) is 5.37. The van der Waals surface area contributed by atoms with E-state index in [-0.39, 0.29) is 0 Å². The zero-order valence-corrected chi connectivity index (χ0v) is 11.5. The number of benzene rings is 1. The van der Waals surface area contributed by atoms with E-state index in [4.69, 9.17) is 5.73 Å². The minimum atomic E-state index is -1.26. The fraction of sp³-hybridized carbons (Fsp3) is 0.333. The molecule has 1 aliphatic heterocycles. The molecule has 1 unspecified atom stereocenters. The molecule has 1 fully saturated rings. The number of anilines is 1. The Balaban J connectivity index is 2.09. The van der Waals surface area contributed by atoms with E-state index in [9.17, 15) is 14.7 Å². The number of hydrogen-bond acceptors (Lipinski definition) is 4. The van der Waals surface area contributed by atoms with E-state index in [0.717, 1.165) is 35.2 Å². The van der Waals surface area contributed by atoms with Crippen LogP contribution in [0.2, 0.25) is 0 Å². The van der Waals surface area contributed by atoms with Gasteiger partial charge in [-0.2, -0.15) is 0 Å². The van der Waals surface area contributed by atoms with Gasteiger partial charge in [0.2, 0.25) is 0 Å². The number of rotatable bonds is 2. The highest BCUT2D eigenvalue weighted by molar-refractivity contribution is 5.89. The number of fused-ring (bicyclic) bond motifs is 1. The van der Waals surface area contributed by atoms with E-state index in [0.29, 0.717) is 18.0 Å². The molecule has 0 amide bonds. The summed E-state index contributed by atoms with van der Waals surface area (Å²) in [5, 5.41) is 9.96. The van der Waals surface area contributed by atoms with Crippen molar-refractivity contribution in [2.24, 2.45) is 11.7 Å². The second-order valence-corrected chi connectivity index (χ2v) is 5.37. The molecule has 0 radical (unpaired) electrons. The number of nitrogens with zero attached hydrogens (tertiary/aromatic N) is 2. The molecule has 1 aromatic carbocycles. The Hall–Kier alpha value is -2.34. The van der Waals surface area contributed by atoms with E-state index in [2.05, 4.69) is 4.90 Å². The van der Waals surface area contributed by atoms with E-state index < -0.39 is 11.7 Å². The first-order valence-electron chi connectivity index (χ1n) is 6.94. The molecule has 2 heterocycles. The molecule has 0 aliphatic carbocycles. The zero-order chi connectivity index (χ0) is 15.0. The molecular formula is C15H17N3O3. The van der Waals surface area contributed by atoms with Crippen molar-refractivity contribution in [3.05, 3.63) is 40.7 Å². The van der Waals surface area contributed by atoms with Gasteiger partial charge in [-0.25, -0.2) is 9.36 Å². The Kier molecular flexibility index (Phi) is 3.39. The smallest absolute Gasteiger partial charge is 0.419 e. The Morgan fingerprint density at radius 1 is 1.33 bits per heavy atom. The van der Waals surface area contributed by atoms with E-state index in [1.807, 2.05) is 12.1 Å². The van der Waals surface area contributed by atoms with Crippen LogP contribution < -0.4 is 16.2 Å².